The fourth-order valence-corrected chi connectivity index (χ4v) is 1.41. The van der Waals surface area contributed by atoms with Gasteiger partial charge >= 0.3 is 0 Å². The van der Waals surface area contributed by atoms with Crippen LogP contribution in [0.15, 0.2) is 24.3 Å². The van der Waals surface area contributed by atoms with Crippen molar-refractivity contribution in [1.29, 1.82) is 0 Å². The zero-order chi connectivity index (χ0) is 13.5. The number of para-hydroxylation sites is 1. The lowest BCUT2D eigenvalue weighted by Gasteiger charge is -2.13. The van der Waals surface area contributed by atoms with Crippen LogP contribution in [0.3, 0.4) is 0 Å². The first kappa shape index (κ1) is 14.2. The number of carbonyl (C=O) groups is 2. The zero-order valence-corrected chi connectivity index (χ0v) is 10.7. The Morgan fingerprint density at radius 2 is 2.00 bits per heavy atom. The molecule has 98 valence electrons. The Morgan fingerprint density at radius 3 is 2.61 bits per heavy atom. The molecule has 18 heavy (non-hydrogen) atoms. The third kappa shape index (κ3) is 3.56. The summed E-state index contributed by atoms with van der Waals surface area (Å²) in [5, 5.41) is 5.42. The molecule has 0 bridgehead atoms. The summed E-state index contributed by atoms with van der Waals surface area (Å²) >= 11 is 0. The number of carbonyl (C=O) groups excluding carboxylic acids is 2. The van der Waals surface area contributed by atoms with Crippen LogP contribution < -0.4 is 16.4 Å². The van der Waals surface area contributed by atoms with Gasteiger partial charge < -0.3 is 16.4 Å². The molecule has 2 amide bonds. The van der Waals surface area contributed by atoms with Crippen molar-refractivity contribution in [1.82, 2.24) is 5.32 Å². The van der Waals surface area contributed by atoms with Gasteiger partial charge in [0.1, 0.15) is 0 Å². The molecule has 5 nitrogen and oxygen atoms in total. The highest BCUT2D eigenvalue weighted by Gasteiger charge is 2.15. The largest absolute Gasteiger partial charge is 0.352 e. The third-order valence-electron chi connectivity index (χ3n) is 2.57. The summed E-state index contributed by atoms with van der Waals surface area (Å²) in [6.07, 6.45) is 0. The average molecular weight is 249 g/mol. The smallest absolute Gasteiger partial charge is 0.253 e. The van der Waals surface area contributed by atoms with Crippen LogP contribution in [-0.2, 0) is 4.79 Å². The Labute approximate surface area is 107 Å². The van der Waals surface area contributed by atoms with E-state index in [1.165, 1.54) is 0 Å². The maximum Gasteiger partial charge on any atom is 0.253 e. The van der Waals surface area contributed by atoms with Gasteiger partial charge in [-0.25, -0.2) is 0 Å². The molecule has 1 unspecified atom stereocenters. The zero-order valence-electron chi connectivity index (χ0n) is 10.7. The van der Waals surface area contributed by atoms with E-state index in [1.807, 2.05) is 6.92 Å². The monoisotopic (exact) mass is 249 g/mol. The molecule has 0 fully saturated rings. The fourth-order valence-electron chi connectivity index (χ4n) is 1.41. The highest BCUT2D eigenvalue weighted by molar-refractivity contribution is 6.04. The number of rotatable bonds is 5. The molecule has 1 rings (SSSR count). The minimum Gasteiger partial charge on any atom is -0.352 e. The second-order valence-corrected chi connectivity index (χ2v) is 4.03. The second kappa shape index (κ2) is 6.76. The number of hydrogen-bond acceptors (Lipinski definition) is 3. The van der Waals surface area contributed by atoms with Crippen LogP contribution in [-0.4, -0.2) is 24.9 Å². The molecule has 1 atom stereocenters. The Morgan fingerprint density at radius 1 is 1.33 bits per heavy atom. The van der Waals surface area contributed by atoms with Gasteiger partial charge in [-0.05, 0) is 19.1 Å². The van der Waals surface area contributed by atoms with Crippen molar-refractivity contribution in [3.05, 3.63) is 29.8 Å². The summed E-state index contributed by atoms with van der Waals surface area (Å²) in [7, 11) is 0. The van der Waals surface area contributed by atoms with Crippen LogP contribution in [0.5, 0.6) is 0 Å². The molecule has 0 saturated carbocycles. The van der Waals surface area contributed by atoms with Crippen molar-refractivity contribution in [2.45, 2.75) is 13.8 Å². The normalized spacial score (nSPS) is 11.7. The number of benzene rings is 1. The molecule has 0 aromatic heterocycles. The predicted octanol–water partition coefficient (Wildman–Crippen LogP) is 0.970. The SMILES string of the molecule is CCNC(=O)c1ccccc1NC(=O)C(C)CN. The molecule has 0 spiro atoms. The van der Waals surface area contributed by atoms with Crippen LogP contribution in [0.4, 0.5) is 5.69 Å². The first-order valence-corrected chi connectivity index (χ1v) is 5.98. The first-order chi connectivity index (χ1) is 8.60. The standard InChI is InChI=1S/C13H19N3O2/c1-3-15-13(18)10-6-4-5-7-11(10)16-12(17)9(2)8-14/h4-7,9H,3,8,14H2,1-2H3,(H,15,18)(H,16,17). The Hall–Kier alpha value is -1.88. The number of amides is 2. The molecule has 0 aliphatic heterocycles. The minimum atomic E-state index is -0.285. The lowest BCUT2D eigenvalue weighted by Crippen LogP contribution is -2.29. The summed E-state index contributed by atoms with van der Waals surface area (Å²) in [4.78, 5) is 23.6. The quantitative estimate of drug-likeness (QED) is 0.727. The summed E-state index contributed by atoms with van der Waals surface area (Å²) in [6, 6.07) is 6.90. The molecule has 0 heterocycles. The van der Waals surface area contributed by atoms with Crippen molar-refractivity contribution in [3.8, 4) is 0 Å². The highest BCUT2D eigenvalue weighted by atomic mass is 16.2. The van der Waals surface area contributed by atoms with Gasteiger partial charge in [-0.1, -0.05) is 19.1 Å². The lowest BCUT2D eigenvalue weighted by atomic mass is 10.1. The van der Waals surface area contributed by atoms with E-state index in [4.69, 9.17) is 5.73 Å². The first-order valence-electron chi connectivity index (χ1n) is 5.98. The molecule has 1 aromatic rings. The molecule has 0 aliphatic rings. The third-order valence-corrected chi connectivity index (χ3v) is 2.57. The molecule has 0 saturated heterocycles. The van der Waals surface area contributed by atoms with E-state index in [2.05, 4.69) is 10.6 Å². The van der Waals surface area contributed by atoms with Gasteiger partial charge in [0, 0.05) is 19.0 Å². The van der Waals surface area contributed by atoms with Crippen LogP contribution in [0, 0.1) is 5.92 Å². The Kier molecular flexibility index (Phi) is 5.32. The van der Waals surface area contributed by atoms with Gasteiger partial charge in [0.25, 0.3) is 5.91 Å². The number of nitrogens with one attached hydrogen (secondary N) is 2. The number of anilines is 1. The lowest BCUT2D eigenvalue weighted by molar-refractivity contribution is -0.119. The van der Waals surface area contributed by atoms with Crippen LogP contribution >= 0.6 is 0 Å². The van der Waals surface area contributed by atoms with Crippen molar-refractivity contribution in [2.24, 2.45) is 11.7 Å². The van der Waals surface area contributed by atoms with E-state index in [-0.39, 0.29) is 24.3 Å². The summed E-state index contributed by atoms with van der Waals surface area (Å²) in [5.41, 5.74) is 6.40. The maximum atomic E-state index is 11.8. The Balaban J connectivity index is 2.89. The number of nitrogens with two attached hydrogens (primary N) is 1. The van der Waals surface area contributed by atoms with E-state index >= 15 is 0 Å². The van der Waals surface area contributed by atoms with E-state index in [0.29, 0.717) is 17.8 Å². The second-order valence-electron chi connectivity index (χ2n) is 4.03. The van der Waals surface area contributed by atoms with Crippen LogP contribution in [0.1, 0.15) is 24.2 Å². The topological polar surface area (TPSA) is 84.2 Å². The van der Waals surface area contributed by atoms with E-state index in [9.17, 15) is 9.59 Å². The Bertz CT molecular complexity index is 432. The molecule has 1 aromatic carbocycles. The maximum absolute atomic E-state index is 11.8. The van der Waals surface area contributed by atoms with Gasteiger partial charge in [0.2, 0.25) is 5.91 Å². The predicted molar refractivity (Wildman–Crippen MR) is 71.3 cm³/mol. The molecule has 0 radical (unpaired) electrons. The van der Waals surface area contributed by atoms with E-state index < -0.39 is 0 Å². The average Bonchev–Trinajstić information content (AvgIpc) is 2.38. The molecule has 5 heteroatoms. The van der Waals surface area contributed by atoms with Gasteiger partial charge in [0.15, 0.2) is 0 Å². The highest BCUT2D eigenvalue weighted by Crippen LogP contribution is 2.15. The van der Waals surface area contributed by atoms with E-state index in [0.717, 1.165) is 0 Å². The van der Waals surface area contributed by atoms with Crippen LogP contribution in [0.2, 0.25) is 0 Å². The summed E-state index contributed by atoms with van der Waals surface area (Å²) in [6.45, 7) is 4.40. The van der Waals surface area contributed by atoms with Gasteiger partial charge in [-0.2, -0.15) is 0 Å². The van der Waals surface area contributed by atoms with Crippen molar-refractivity contribution >= 4 is 17.5 Å². The van der Waals surface area contributed by atoms with Gasteiger partial charge in [-0.3, -0.25) is 9.59 Å². The minimum absolute atomic E-state index is 0.186. The van der Waals surface area contributed by atoms with Crippen molar-refractivity contribution in [2.75, 3.05) is 18.4 Å². The summed E-state index contributed by atoms with van der Waals surface area (Å²) < 4.78 is 0. The van der Waals surface area contributed by atoms with Crippen molar-refractivity contribution < 1.29 is 9.59 Å². The van der Waals surface area contributed by atoms with E-state index in [1.54, 1.807) is 31.2 Å². The molecular weight excluding hydrogens is 230 g/mol. The van der Waals surface area contributed by atoms with Gasteiger partial charge in [-0.15, -0.1) is 0 Å². The fraction of sp³-hybridized carbons (Fsp3) is 0.385. The molecule has 4 N–H and O–H groups in total. The molecule has 0 aliphatic carbocycles. The van der Waals surface area contributed by atoms with Crippen LogP contribution in [0.25, 0.3) is 0 Å². The molecular formula is C13H19N3O2. The van der Waals surface area contributed by atoms with Crippen molar-refractivity contribution in [3.63, 3.8) is 0 Å². The number of hydrogen-bond donors (Lipinski definition) is 3. The van der Waals surface area contributed by atoms with Gasteiger partial charge in [0.05, 0.1) is 11.3 Å². The summed E-state index contributed by atoms with van der Waals surface area (Å²) in [5.74, 6) is -0.671.